The Morgan fingerprint density at radius 2 is 2.00 bits per heavy atom. The van der Waals surface area contributed by atoms with Crippen molar-refractivity contribution in [3.63, 3.8) is 0 Å². The van der Waals surface area contributed by atoms with E-state index in [0.717, 1.165) is 19.3 Å². The number of amides is 3. The highest BCUT2D eigenvalue weighted by Crippen LogP contribution is 2.22. The predicted octanol–water partition coefficient (Wildman–Crippen LogP) is 4.10. The molecule has 1 aliphatic heterocycles. The highest BCUT2D eigenvalue weighted by Gasteiger charge is 2.22. The van der Waals surface area contributed by atoms with Gasteiger partial charge in [-0.05, 0) is 47.2 Å². The maximum atomic E-state index is 12.0. The molecule has 11 heteroatoms. The van der Waals surface area contributed by atoms with Crippen LogP contribution in [0.3, 0.4) is 0 Å². The second-order valence-electron chi connectivity index (χ2n) is 6.28. The average Bonchev–Trinajstić information content (AvgIpc) is 3.07. The molecule has 0 saturated carbocycles. The Bertz CT molecular complexity index is 825. The number of hydrogen-bond donors (Lipinski definition) is 3. The molecule has 3 amide bonds. The van der Waals surface area contributed by atoms with E-state index >= 15 is 0 Å². The molecule has 150 valence electrons. The van der Waals surface area contributed by atoms with Gasteiger partial charge in [0.25, 0.3) is 0 Å². The van der Waals surface area contributed by atoms with Crippen molar-refractivity contribution < 1.29 is 19.4 Å². The fraction of sp³-hybridized carbons (Fsp3) is 0.412. The first-order valence-electron chi connectivity index (χ1n) is 8.76. The molecule has 0 spiro atoms. The summed E-state index contributed by atoms with van der Waals surface area (Å²) in [5.74, 6) is 1.70. The third kappa shape index (κ3) is 6.06. The lowest BCUT2D eigenvalue weighted by atomic mass is 9.94. The third-order valence-electron chi connectivity index (χ3n) is 4.34. The van der Waals surface area contributed by atoms with Crippen molar-refractivity contribution in [3.8, 4) is 5.88 Å². The van der Waals surface area contributed by atoms with Crippen LogP contribution in [0.5, 0.6) is 5.88 Å². The SMILES string of the molecule is O=C(Nc1cccc(OCCC2CCN(C(=O)O)CC2)n1)Nc1csc(Br)n1. The van der Waals surface area contributed by atoms with Gasteiger partial charge in [0, 0.05) is 24.5 Å². The summed E-state index contributed by atoms with van der Waals surface area (Å²) in [6.07, 6.45) is 1.68. The number of anilines is 2. The van der Waals surface area contributed by atoms with Crippen molar-refractivity contribution in [1.29, 1.82) is 0 Å². The van der Waals surface area contributed by atoms with Crippen molar-refractivity contribution in [1.82, 2.24) is 14.9 Å². The predicted molar refractivity (Wildman–Crippen MR) is 109 cm³/mol. The van der Waals surface area contributed by atoms with Gasteiger partial charge in [-0.15, -0.1) is 11.3 Å². The third-order valence-corrected chi connectivity index (χ3v) is 5.71. The summed E-state index contributed by atoms with van der Waals surface area (Å²) in [7, 11) is 0. The molecular weight excluding hydrogens is 450 g/mol. The quantitative estimate of drug-likeness (QED) is 0.585. The van der Waals surface area contributed by atoms with Crippen molar-refractivity contribution in [2.24, 2.45) is 5.92 Å². The number of rotatable bonds is 6. The van der Waals surface area contributed by atoms with E-state index in [9.17, 15) is 9.59 Å². The number of urea groups is 1. The molecule has 0 aliphatic carbocycles. The number of pyridine rings is 1. The number of carboxylic acid groups (broad SMARTS) is 1. The van der Waals surface area contributed by atoms with E-state index in [1.807, 2.05) is 0 Å². The van der Waals surface area contributed by atoms with Crippen LogP contribution in [-0.4, -0.2) is 51.8 Å². The van der Waals surface area contributed by atoms with Gasteiger partial charge in [0.2, 0.25) is 5.88 Å². The number of thiazole rings is 1. The topological polar surface area (TPSA) is 117 Å². The average molecular weight is 470 g/mol. The van der Waals surface area contributed by atoms with Gasteiger partial charge in [-0.1, -0.05) is 6.07 Å². The number of nitrogens with zero attached hydrogens (tertiary/aromatic N) is 3. The molecule has 3 heterocycles. The van der Waals surface area contributed by atoms with Crippen molar-refractivity contribution in [3.05, 3.63) is 27.5 Å². The van der Waals surface area contributed by atoms with Crippen LogP contribution in [0.25, 0.3) is 0 Å². The maximum absolute atomic E-state index is 12.0. The van der Waals surface area contributed by atoms with Gasteiger partial charge < -0.3 is 14.7 Å². The Labute approximate surface area is 174 Å². The number of ether oxygens (including phenoxy) is 1. The Balaban J connectivity index is 1.42. The van der Waals surface area contributed by atoms with Crippen LogP contribution >= 0.6 is 27.3 Å². The molecule has 1 aliphatic rings. The van der Waals surface area contributed by atoms with Crippen LogP contribution in [0.2, 0.25) is 0 Å². The summed E-state index contributed by atoms with van der Waals surface area (Å²) in [6.45, 7) is 1.64. The number of halogens is 1. The fourth-order valence-electron chi connectivity index (χ4n) is 2.88. The Morgan fingerprint density at radius 3 is 2.68 bits per heavy atom. The summed E-state index contributed by atoms with van der Waals surface area (Å²) < 4.78 is 6.38. The smallest absolute Gasteiger partial charge is 0.407 e. The Morgan fingerprint density at radius 1 is 1.25 bits per heavy atom. The summed E-state index contributed by atoms with van der Waals surface area (Å²) in [6, 6.07) is 4.72. The normalized spacial score (nSPS) is 14.5. The van der Waals surface area contributed by atoms with E-state index in [1.165, 1.54) is 16.2 Å². The van der Waals surface area contributed by atoms with E-state index in [1.54, 1.807) is 23.6 Å². The van der Waals surface area contributed by atoms with E-state index in [-0.39, 0.29) is 0 Å². The molecule has 3 N–H and O–H groups in total. The second kappa shape index (κ2) is 9.69. The number of likely N-dealkylation sites (tertiary alicyclic amines) is 1. The first-order chi connectivity index (χ1) is 13.5. The number of carbonyl (C=O) groups excluding carboxylic acids is 1. The molecule has 28 heavy (non-hydrogen) atoms. The first-order valence-corrected chi connectivity index (χ1v) is 10.4. The minimum absolute atomic E-state index is 0.374. The van der Waals surface area contributed by atoms with Crippen LogP contribution in [-0.2, 0) is 0 Å². The molecule has 0 bridgehead atoms. The molecule has 0 atom stereocenters. The lowest BCUT2D eigenvalue weighted by Crippen LogP contribution is -2.37. The highest BCUT2D eigenvalue weighted by atomic mass is 79.9. The van der Waals surface area contributed by atoms with Crippen LogP contribution in [0.4, 0.5) is 21.2 Å². The van der Waals surface area contributed by atoms with Gasteiger partial charge in [-0.3, -0.25) is 10.6 Å². The van der Waals surface area contributed by atoms with Gasteiger partial charge in [-0.25, -0.2) is 14.6 Å². The molecule has 9 nitrogen and oxygen atoms in total. The summed E-state index contributed by atoms with van der Waals surface area (Å²) >= 11 is 4.61. The highest BCUT2D eigenvalue weighted by molar-refractivity contribution is 9.11. The zero-order valence-electron chi connectivity index (χ0n) is 14.9. The molecule has 0 aromatic carbocycles. The summed E-state index contributed by atoms with van der Waals surface area (Å²) in [5.41, 5.74) is 0. The van der Waals surface area contributed by atoms with Gasteiger partial charge in [0.05, 0.1) is 6.61 Å². The zero-order valence-corrected chi connectivity index (χ0v) is 17.3. The largest absolute Gasteiger partial charge is 0.478 e. The fourth-order valence-corrected chi connectivity index (χ4v) is 3.82. The monoisotopic (exact) mass is 469 g/mol. The lowest BCUT2D eigenvalue weighted by molar-refractivity contribution is 0.119. The van der Waals surface area contributed by atoms with Crippen LogP contribution in [0.15, 0.2) is 27.5 Å². The van der Waals surface area contributed by atoms with Crippen molar-refractivity contribution >= 4 is 51.0 Å². The minimum Gasteiger partial charge on any atom is -0.478 e. The molecule has 2 aromatic heterocycles. The Hall–Kier alpha value is -2.40. The van der Waals surface area contributed by atoms with Crippen LogP contribution in [0.1, 0.15) is 19.3 Å². The van der Waals surface area contributed by atoms with Gasteiger partial charge in [0.15, 0.2) is 3.92 Å². The van der Waals surface area contributed by atoms with E-state index in [2.05, 4.69) is 36.5 Å². The number of nitrogens with one attached hydrogen (secondary N) is 2. The molecular formula is C17H20BrN5O4S. The molecule has 0 unspecified atom stereocenters. The molecule has 1 fully saturated rings. The molecule has 0 radical (unpaired) electrons. The van der Waals surface area contributed by atoms with E-state index in [4.69, 9.17) is 9.84 Å². The standard InChI is InChI=1S/C17H20BrN5O4S/c18-15-20-13(10-28-15)22-16(24)21-12-2-1-3-14(19-12)27-9-6-11-4-7-23(8-5-11)17(25)26/h1-3,10-11H,4-9H2,(H,25,26)(H2,19,21,22,24). The van der Waals surface area contributed by atoms with Gasteiger partial charge >= 0.3 is 12.1 Å². The van der Waals surface area contributed by atoms with Crippen molar-refractivity contribution in [2.75, 3.05) is 30.3 Å². The van der Waals surface area contributed by atoms with E-state index in [0.29, 0.717) is 47.0 Å². The lowest BCUT2D eigenvalue weighted by Gasteiger charge is -2.29. The Kier molecular flexibility index (Phi) is 7.04. The van der Waals surface area contributed by atoms with Gasteiger partial charge in [-0.2, -0.15) is 4.98 Å². The zero-order chi connectivity index (χ0) is 19.9. The molecule has 1 saturated heterocycles. The maximum Gasteiger partial charge on any atom is 0.407 e. The van der Waals surface area contributed by atoms with Gasteiger partial charge in [0.1, 0.15) is 11.6 Å². The van der Waals surface area contributed by atoms with E-state index < -0.39 is 12.1 Å². The first kappa shape index (κ1) is 20.3. The second-order valence-corrected chi connectivity index (χ2v) is 8.41. The molecule has 2 aromatic rings. The minimum atomic E-state index is -0.852. The number of aromatic nitrogens is 2. The molecule has 3 rings (SSSR count). The van der Waals surface area contributed by atoms with Crippen LogP contribution in [0, 0.1) is 5.92 Å². The van der Waals surface area contributed by atoms with Crippen LogP contribution < -0.4 is 15.4 Å². The summed E-state index contributed by atoms with van der Waals surface area (Å²) in [4.78, 5) is 32.7. The van der Waals surface area contributed by atoms with Crippen molar-refractivity contribution in [2.45, 2.75) is 19.3 Å². The number of piperidine rings is 1. The summed E-state index contributed by atoms with van der Waals surface area (Å²) in [5, 5.41) is 16.0. The number of carbonyl (C=O) groups is 2. The number of hydrogen-bond acceptors (Lipinski definition) is 6.